The number of hydrogen-bond acceptors (Lipinski definition) is 5. The van der Waals surface area contributed by atoms with Gasteiger partial charge in [0.2, 0.25) is 10.0 Å². The Hall–Kier alpha value is -2.12. The van der Waals surface area contributed by atoms with Gasteiger partial charge in [-0.3, -0.25) is 4.72 Å². The summed E-state index contributed by atoms with van der Waals surface area (Å²) in [5.74, 6) is -0.543. The number of hydrogen-bond donors (Lipinski definition) is 1. The number of aromatic nitrogens is 1. The molecular weight excluding hydrogens is 216 g/mol. The van der Waals surface area contributed by atoms with E-state index in [1.54, 1.807) is 0 Å². The van der Waals surface area contributed by atoms with Crippen LogP contribution in [0.15, 0.2) is 18.3 Å². The fraction of sp³-hybridized carbons (Fsp3) is 0.125. The predicted octanol–water partition coefficient (Wildman–Crippen LogP) is 0.219. The lowest BCUT2D eigenvalue weighted by Crippen LogP contribution is -2.16. The van der Waals surface area contributed by atoms with E-state index in [1.807, 2.05) is 6.07 Å². The van der Waals surface area contributed by atoms with Crippen LogP contribution in [0.25, 0.3) is 0 Å². The molecule has 0 saturated heterocycles. The maximum Gasteiger partial charge on any atom is 0.247 e. The van der Waals surface area contributed by atoms with Gasteiger partial charge in [0, 0.05) is 6.20 Å². The van der Waals surface area contributed by atoms with Crippen LogP contribution in [0.2, 0.25) is 0 Å². The fourth-order valence-corrected chi connectivity index (χ4v) is 1.48. The quantitative estimate of drug-likeness (QED) is 0.787. The number of sulfonamides is 1. The standard InChI is InChI=1S/C8H6N4O2S/c9-3-4-15(13,14)12-8-2-1-7(5-10)6-11-8/h1-2,6H,4H2,(H,11,12). The van der Waals surface area contributed by atoms with Gasteiger partial charge in [-0.25, -0.2) is 13.4 Å². The first kappa shape index (κ1) is 11.0. The van der Waals surface area contributed by atoms with Crippen LogP contribution in [0.5, 0.6) is 0 Å². The monoisotopic (exact) mass is 222 g/mol. The molecule has 1 N–H and O–H groups in total. The third-order valence-corrected chi connectivity index (χ3v) is 2.44. The van der Waals surface area contributed by atoms with Crippen molar-refractivity contribution in [2.75, 3.05) is 10.5 Å². The van der Waals surface area contributed by atoms with E-state index < -0.39 is 15.8 Å². The molecule has 1 heterocycles. The highest BCUT2D eigenvalue weighted by Gasteiger charge is 2.09. The van der Waals surface area contributed by atoms with Gasteiger partial charge in [0.15, 0.2) is 5.75 Å². The summed E-state index contributed by atoms with van der Waals surface area (Å²) >= 11 is 0. The molecule has 6 nitrogen and oxygen atoms in total. The Bertz CT molecular complexity index is 521. The van der Waals surface area contributed by atoms with E-state index in [0.29, 0.717) is 5.56 Å². The van der Waals surface area contributed by atoms with Gasteiger partial charge in [-0.2, -0.15) is 10.5 Å². The summed E-state index contributed by atoms with van der Waals surface area (Å²) in [5, 5.41) is 16.7. The second kappa shape index (κ2) is 4.40. The Labute approximate surface area is 86.8 Å². The number of anilines is 1. The SMILES string of the molecule is N#CCS(=O)(=O)Nc1ccc(C#N)cn1. The van der Waals surface area contributed by atoms with Crippen molar-refractivity contribution in [2.24, 2.45) is 0 Å². The van der Waals surface area contributed by atoms with E-state index >= 15 is 0 Å². The van der Waals surface area contributed by atoms with Crippen molar-refractivity contribution in [3.8, 4) is 12.1 Å². The molecule has 0 aliphatic heterocycles. The highest BCUT2D eigenvalue weighted by Crippen LogP contribution is 2.06. The molecule has 0 radical (unpaired) electrons. The summed E-state index contributed by atoms with van der Waals surface area (Å²) in [6.07, 6.45) is 1.24. The number of nitriles is 2. The minimum Gasteiger partial charge on any atom is -0.266 e. The minimum absolute atomic E-state index is 0.0873. The first-order valence-corrected chi connectivity index (χ1v) is 5.46. The van der Waals surface area contributed by atoms with Crippen LogP contribution in [0.3, 0.4) is 0 Å². The fourth-order valence-electron chi connectivity index (χ4n) is 0.801. The van der Waals surface area contributed by atoms with Gasteiger partial charge in [-0.05, 0) is 12.1 Å². The Morgan fingerprint density at radius 1 is 1.40 bits per heavy atom. The second-order valence-electron chi connectivity index (χ2n) is 2.56. The van der Waals surface area contributed by atoms with Gasteiger partial charge in [-0.15, -0.1) is 0 Å². The lowest BCUT2D eigenvalue weighted by Gasteiger charge is -2.02. The lowest BCUT2D eigenvalue weighted by atomic mass is 10.3. The molecule has 0 bridgehead atoms. The second-order valence-corrected chi connectivity index (χ2v) is 4.29. The van der Waals surface area contributed by atoms with Crippen molar-refractivity contribution in [2.45, 2.75) is 0 Å². The van der Waals surface area contributed by atoms with Crippen molar-refractivity contribution in [1.82, 2.24) is 4.98 Å². The topological polar surface area (TPSA) is 107 Å². The number of nitrogens with one attached hydrogen (secondary N) is 1. The van der Waals surface area contributed by atoms with Crippen LogP contribution < -0.4 is 4.72 Å². The Kier molecular flexibility index (Phi) is 3.21. The van der Waals surface area contributed by atoms with Crippen LogP contribution in [0.1, 0.15) is 5.56 Å². The number of nitrogens with zero attached hydrogens (tertiary/aromatic N) is 3. The highest BCUT2D eigenvalue weighted by molar-refractivity contribution is 7.92. The molecule has 1 aromatic rings. The molecule has 0 amide bonds. The van der Waals surface area contributed by atoms with E-state index in [2.05, 4.69) is 9.71 Å². The normalized spacial score (nSPS) is 10.0. The molecule has 0 saturated carbocycles. The van der Waals surface area contributed by atoms with Crippen molar-refractivity contribution >= 4 is 15.8 Å². The third-order valence-electron chi connectivity index (χ3n) is 1.41. The van der Waals surface area contributed by atoms with E-state index in [4.69, 9.17) is 10.5 Å². The smallest absolute Gasteiger partial charge is 0.247 e. The molecule has 1 rings (SSSR count). The van der Waals surface area contributed by atoms with Crippen LogP contribution >= 0.6 is 0 Å². The van der Waals surface area contributed by atoms with E-state index in [9.17, 15) is 8.42 Å². The molecule has 0 aromatic carbocycles. The maximum atomic E-state index is 11.1. The summed E-state index contributed by atoms with van der Waals surface area (Å²) in [7, 11) is -3.66. The summed E-state index contributed by atoms with van der Waals surface area (Å²) in [6.45, 7) is 0. The Balaban J connectivity index is 2.84. The molecule has 0 spiro atoms. The van der Waals surface area contributed by atoms with Crippen molar-refractivity contribution in [3.05, 3.63) is 23.9 Å². The molecule has 76 valence electrons. The van der Waals surface area contributed by atoms with Gasteiger partial charge in [0.25, 0.3) is 0 Å². The van der Waals surface area contributed by atoms with E-state index in [-0.39, 0.29) is 5.82 Å². The number of pyridine rings is 1. The number of rotatable bonds is 3. The van der Waals surface area contributed by atoms with Gasteiger partial charge in [-0.1, -0.05) is 0 Å². The zero-order chi connectivity index (χ0) is 11.3. The highest BCUT2D eigenvalue weighted by atomic mass is 32.2. The van der Waals surface area contributed by atoms with E-state index in [1.165, 1.54) is 24.4 Å². The average Bonchev–Trinajstić information content (AvgIpc) is 2.18. The van der Waals surface area contributed by atoms with Gasteiger partial charge < -0.3 is 0 Å². The van der Waals surface area contributed by atoms with Crippen LogP contribution in [0.4, 0.5) is 5.82 Å². The van der Waals surface area contributed by atoms with Gasteiger partial charge in [0.05, 0.1) is 11.6 Å². The van der Waals surface area contributed by atoms with Crippen LogP contribution in [0, 0.1) is 22.7 Å². The van der Waals surface area contributed by atoms with E-state index in [0.717, 1.165) is 0 Å². The lowest BCUT2D eigenvalue weighted by molar-refractivity contribution is 0.604. The molecule has 0 aliphatic rings. The van der Waals surface area contributed by atoms with Crippen molar-refractivity contribution in [1.29, 1.82) is 10.5 Å². The minimum atomic E-state index is -3.66. The summed E-state index contributed by atoms with van der Waals surface area (Å²) in [6, 6.07) is 6.15. The molecule has 7 heteroatoms. The molecule has 0 unspecified atom stereocenters. The largest absolute Gasteiger partial charge is 0.266 e. The first-order valence-electron chi connectivity index (χ1n) is 3.81. The molecule has 15 heavy (non-hydrogen) atoms. The predicted molar refractivity (Wildman–Crippen MR) is 52.0 cm³/mol. The van der Waals surface area contributed by atoms with Gasteiger partial charge >= 0.3 is 0 Å². The molecule has 0 fully saturated rings. The molecule has 0 atom stereocenters. The zero-order valence-electron chi connectivity index (χ0n) is 7.51. The third kappa shape index (κ3) is 3.25. The zero-order valence-corrected chi connectivity index (χ0v) is 8.32. The molecular formula is C8H6N4O2S. The summed E-state index contributed by atoms with van der Waals surface area (Å²) < 4.78 is 24.3. The first-order chi connectivity index (χ1) is 7.07. The molecule has 1 aromatic heterocycles. The summed E-state index contributed by atoms with van der Waals surface area (Å²) in [5.41, 5.74) is 0.332. The van der Waals surface area contributed by atoms with Crippen molar-refractivity contribution < 1.29 is 8.42 Å². The summed E-state index contributed by atoms with van der Waals surface area (Å²) in [4.78, 5) is 3.69. The van der Waals surface area contributed by atoms with Gasteiger partial charge in [0.1, 0.15) is 11.9 Å². The van der Waals surface area contributed by atoms with Crippen molar-refractivity contribution in [3.63, 3.8) is 0 Å². The Morgan fingerprint density at radius 2 is 2.13 bits per heavy atom. The average molecular weight is 222 g/mol. The van der Waals surface area contributed by atoms with Crippen LogP contribution in [-0.2, 0) is 10.0 Å². The maximum absolute atomic E-state index is 11.1. The van der Waals surface area contributed by atoms with Crippen LogP contribution in [-0.4, -0.2) is 19.2 Å². The Morgan fingerprint density at radius 3 is 2.60 bits per heavy atom. The molecule has 0 aliphatic carbocycles.